The fourth-order valence-electron chi connectivity index (χ4n) is 12.3. The van der Waals surface area contributed by atoms with Gasteiger partial charge in [-0.3, -0.25) is 4.79 Å². The first-order chi connectivity index (χ1) is 21.0. The summed E-state index contributed by atoms with van der Waals surface area (Å²) in [6.45, 7) is 2.56. The van der Waals surface area contributed by atoms with Crippen LogP contribution in [0.2, 0.25) is 0 Å². The Labute approximate surface area is 258 Å². The highest BCUT2D eigenvalue weighted by Gasteiger charge is 2.91. The van der Waals surface area contributed by atoms with Gasteiger partial charge < -0.3 is 43.5 Å². The summed E-state index contributed by atoms with van der Waals surface area (Å²) in [7, 11) is 8.63. The number of hydrogen-bond donors (Lipinski definition) is 2. The summed E-state index contributed by atoms with van der Waals surface area (Å²) in [6, 6.07) is 8.39. The minimum absolute atomic E-state index is 0.103. The second kappa shape index (κ2) is 10.2. The lowest BCUT2D eigenvalue weighted by Gasteiger charge is -2.69. The molecule has 242 valence electrons. The summed E-state index contributed by atoms with van der Waals surface area (Å²) in [5.74, 6) is -2.96. The summed E-state index contributed by atoms with van der Waals surface area (Å²) in [6.07, 6.45) is -2.66. The van der Waals surface area contributed by atoms with Crippen molar-refractivity contribution in [2.24, 2.45) is 34.5 Å². The molecule has 0 radical (unpaired) electrons. The Morgan fingerprint density at radius 3 is 2.36 bits per heavy atom. The average Bonchev–Trinajstić information content (AvgIpc) is 3.39. The Hall–Kier alpha value is -2.12. The van der Waals surface area contributed by atoms with Crippen LogP contribution in [0.15, 0.2) is 30.3 Å². The van der Waals surface area contributed by atoms with Gasteiger partial charge >= 0.3 is 11.9 Å². The number of aliphatic hydroxyl groups excluding tert-OH is 1. The van der Waals surface area contributed by atoms with Crippen molar-refractivity contribution in [1.82, 2.24) is 4.90 Å². The maximum Gasteiger partial charge on any atom is 0.338 e. The predicted octanol–water partition coefficient (Wildman–Crippen LogP) is 1.29. The van der Waals surface area contributed by atoms with Gasteiger partial charge in [0.15, 0.2) is 5.60 Å². The van der Waals surface area contributed by atoms with Crippen LogP contribution in [0, 0.1) is 34.5 Å². The summed E-state index contributed by atoms with van der Waals surface area (Å²) >= 11 is 0. The Kier molecular flexibility index (Phi) is 7.07. The van der Waals surface area contributed by atoms with E-state index >= 15 is 0 Å². The Morgan fingerprint density at radius 1 is 1.02 bits per heavy atom. The molecule has 5 saturated carbocycles. The zero-order chi connectivity index (χ0) is 31.4. The fraction of sp³-hybridized carbons (Fsp3) is 0.758. The van der Waals surface area contributed by atoms with Gasteiger partial charge in [-0.1, -0.05) is 18.2 Å². The third-order valence-corrected chi connectivity index (χ3v) is 12.8. The number of benzene rings is 1. The molecule has 1 saturated heterocycles. The monoisotopic (exact) mass is 615 g/mol. The van der Waals surface area contributed by atoms with E-state index in [0.717, 1.165) is 19.4 Å². The Balaban J connectivity index is 1.51. The third kappa shape index (κ3) is 3.41. The van der Waals surface area contributed by atoms with Crippen LogP contribution in [0.1, 0.15) is 36.5 Å². The molecule has 1 heterocycles. The fourth-order valence-corrected chi connectivity index (χ4v) is 12.3. The second-order valence-corrected chi connectivity index (χ2v) is 14.2. The highest BCUT2D eigenvalue weighted by atomic mass is 16.6. The van der Waals surface area contributed by atoms with Crippen LogP contribution in [0.3, 0.4) is 0 Å². The van der Waals surface area contributed by atoms with Gasteiger partial charge in [0.25, 0.3) is 0 Å². The third-order valence-electron chi connectivity index (χ3n) is 12.8. The summed E-state index contributed by atoms with van der Waals surface area (Å²) in [5.41, 5.74) is -3.93. The van der Waals surface area contributed by atoms with Crippen LogP contribution in [0.5, 0.6) is 0 Å². The molecule has 1 aromatic rings. The second-order valence-electron chi connectivity index (χ2n) is 14.2. The van der Waals surface area contributed by atoms with Crippen LogP contribution in [0.25, 0.3) is 0 Å². The summed E-state index contributed by atoms with van der Waals surface area (Å²) in [5, 5.41) is 25.1. The van der Waals surface area contributed by atoms with Crippen molar-refractivity contribution in [2.45, 2.75) is 73.9 Å². The molecule has 5 aliphatic carbocycles. The molecule has 1 aromatic carbocycles. The van der Waals surface area contributed by atoms with Crippen LogP contribution in [0.4, 0.5) is 0 Å². The van der Waals surface area contributed by atoms with E-state index in [1.54, 1.807) is 45.6 Å². The molecule has 0 aromatic heterocycles. The van der Waals surface area contributed by atoms with E-state index in [1.165, 1.54) is 14.0 Å². The first-order valence-corrected chi connectivity index (χ1v) is 15.7. The number of hydrogen-bond acceptors (Lipinski definition) is 11. The lowest BCUT2D eigenvalue weighted by molar-refractivity contribution is -0.316. The highest BCUT2D eigenvalue weighted by Crippen LogP contribution is 2.80. The number of nitrogens with zero attached hydrogens (tertiary/aromatic N) is 1. The predicted molar refractivity (Wildman–Crippen MR) is 154 cm³/mol. The molecule has 1 spiro atoms. The van der Waals surface area contributed by atoms with Gasteiger partial charge in [0.05, 0.1) is 24.4 Å². The molecule has 0 amide bonds. The zero-order valence-corrected chi connectivity index (χ0v) is 26.3. The zero-order valence-electron chi connectivity index (χ0n) is 26.3. The van der Waals surface area contributed by atoms with Gasteiger partial charge in [0.2, 0.25) is 0 Å². The van der Waals surface area contributed by atoms with Crippen molar-refractivity contribution in [2.75, 3.05) is 48.6 Å². The van der Waals surface area contributed by atoms with Gasteiger partial charge in [-0.2, -0.15) is 0 Å². The molecule has 1 aliphatic heterocycles. The number of fused-ring (bicyclic) bond motifs is 2. The minimum atomic E-state index is -1.76. The van der Waals surface area contributed by atoms with Gasteiger partial charge in [-0.05, 0) is 44.4 Å². The number of methoxy groups -OCH3 is 4. The first kappa shape index (κ1) is 30.5. The highest BCUT2D eigenvalue weighted by molar-refractivity contribution is 5.89. The number of aliphatic hydroxyl groups is 2. The molecule has 11 heteroatoms. The van der Waals surface area contributed by atoms with Crippen LogP contribution in [-0.2, 0) is 33.2 Å². The molecular formula is C33H45NO10. The minimum Gasteiger partial charge on any atom is -0.455 e. The average molecular weight is 616 g/mol. The van der Waals surface area contributed by atoms with Gasteiger partial charge in [-0.25, -0.2) is 4.79 Å². The topological polar surface area (TPSA) is 133 Å². The standard InChI is InChI=1S/C33H45NO10/c1-17(35)44-33-21-19(14-31(38,28(42-6)26(33)36)27(21)43-29(37)18-10-8-7-9-11-18)32-20(40-4)12-13-30(16-39-3)15-34(2)25(32)22(33)23(41-5)24(30)32/h7-11,19-28,36,38H,12-16H2,1-6H3/t19-,20+,21-,22?,23?,24-,25?,26+,27-,28+,30+,31-,32+,33-/m1/s1. The van der Waals surface area contributed by atoms with Crippen LogP contribution in [-0.4, -0.2) is 123 Å². The van der Waals surface area contributed by atoms with Crippen molar-refractivity contribution < 1.29 is 48.2 Å². The van der Waals surface area contributed by atoms with E-state index in [1.807, 2.05) is 6.07 Å². The first-order valence-electron chi connectivity index (χ1n) is 15.7. The number of carbonyl (C=O) groups excluding carboxylic acids is 2. The lowest BCUT2D eigenvalue weighted by atomic mass is 9.43. The SMILES string of the molecule is COC[C@@]12CC[C@H](OC)[C@]34C(C(C(OC)[C@H]13)[C@]1(OC(C)=O)[C@H]3[C@@H](OC(=O)c5ccccc5)[C@](O)(C[C@H]34)[C@@H](OC)[C@@H]1O)N(C)C2. The van der Waals surface area contributed by atoms with Crippen molar-refractivity contribution in [3.8, 4) is 0 Å². The quantitative estimate of drug-likeness (QED) is 0.410. The van der Waals surface area contributed by atoms with E-state index in [2.05, 4.69) is 11.9 Å². The molecule has 2 N–H and O–H groups in total. The van der Waals surface area contributed by atoms with Gasteiger partial charge in [0.1, 0.15) is 23.9 Å². The Bertz CT molecular complexity index is 1310. The van der Waals surface area contributed by atoms with Gasteiger partial charge in [0, 0.05) is 76.5 Å². The molecule has 3 unspecified atom stereocenters. The number of esters is 2. The lowest BCUT2D eigenvalue weighted by Crippen LogP contribution is -2.80. The van der Waals surface area contributed by atoms with Crippen molar-refractivity contribution in [1.29, 1.82) is 0 Å². The molecule has 6 aliphatic rings. The van der Waals surface area contributed by atoms with Gasteiger partial charge in [-0.15, -0.1) is 0 Å². The number of ether oxygens (including phenoxy) is 6. The maximum atomic E-state index is 13.7. The van der Waals surface area contributed by atoms with Crippen molar-refractivity contribution in [3.05, 3.63) is 35.9 Å². The number of carbonyl (C=O) groups is 2. The van der Waals surface area contributed by atoms with Crippen molar-refractivity contribution in [3.63, 3.8) is 0 Å². The number of likely N-dealkylation sites (tertiary alicyclic amines) is 1. The molecule has 11 nitrogen and oxygen atoms in total. The molecular weight excluding hydrogens is 570 g/mol. The number of rotatable bonds is 8. The number of piperidine rings is 1. The largest absolute Gasteiger partial charge is 0.455 e. The van der Waals surface area contributed by atoms with Crippen LogP contribution < -0.4 is 0 Å². The molecule has 44 heavy (non-hydrogen) atoms. The van der Waals surface area contributed by atoms with E-state index in [-0.39, 0.29) is 35.8 Å². The molecule has 14 atom stereocenters. The van der Waals surface area contributed by atoms with Crippen LogP contribution >= 0.6 is 0 Å². The van der Waals surface area contributed by atoms with E-state index in [9.17, 15) is 19.8 Å². The van der Waals surface area contributed by atoms with E-state index in [0.29, 0.717) is 12.2 Å². The molecule has 6 fully saturated rings. The smallest absolute Gasteiger partial charge is 0.338 e. The van der Waals surface area contributed by atoms with Crippen molar-refractivity contribution >= 4 is 11.9 Å². The van der Waals surface area contributed by atoms with E-state index < -0.39 is 64.8 Å². The molecule has 7 bridgehead atoms. The van der Waals surface area contributed by atoms with E-state index in [4.69, 9.17) is 28.4 Å². The Morgan fingerprint density at radius 2 is 1.75 bits per heavy atom. The normalized spacial score (nSPS) is 49.9. The summed E-state index contributed by atoms with van der Waals surface area (Å²) < 4.78 is 37.5. The summed E-state index contributed by atoms with van der Waals surface area (Å²) in [4.78, 5) is 29.2. The molecule has 7 rings (SSSR count). The maximum absolute atomic E-state index is 13.7.